The van der Waals surface area contributed by atoms with Crippen LogP contribution in [0.3, 0.4) is 0 Å². The number of carboxylic acids is 1. The number of carbonyl (C=O) groups is 1. The molecule has 3 atom stereocenters. The molecule has 0 spiro atoms. The van der Waals surface area contributed by atoms with Gasteiger partial charge in [0, 0.05) is 31.0 Å². The minimum absolute atomic E-state index is 0.129. The van der Waals surface area contributed by atoms with Crippen LogP contribution in [0.4, 0.5) is 5.69 Å². The summed E-state index contributed by atoms with van der Waals surface area (Å²) in [6.07, 6.45) is -2.40. The summed E-state index contributed by atoms with van der Waals surface area (Å²) in [4.78, 5) is 14.7. The number of aliphatic hydroxyl groups excluding tert-OH is 2. The molecule has 3 unspecified atom stereocenters. The number of para-hydroxylation sites is 1. The second-order valence-electron chi connectivity index (χ2n) is 9.89. The van der Waals surface area contributed by atoms with Gasteiger partial charge < -0.3 is 25.0 Å². The van der Waals surface area contributed by atoms with Crippen molar-refractivity contribution in [2.45, 2.75) is 50.1 Å². The fourth-order valence-electron chi connectivity index (χ4n) is 5.27. The third-order valence-electron chi connectivity index (χ3n) is 7.40. The molecule has 5 rings (SSSR count). The third kappa shape index (κ3) is 5.25. The van der Waals surface area contributed by atoms with Crippen LogP contribution in [0.2, 0.25) is 0 Å². The Bertz CT molecular complexity index is 1540. The Labute approximate surface area is 236 Å². The third-order valence-corrected chi connectivity index (χ3v) is 8.52. The van der Waals surface area contributed by atoms with Gasteiger partial charge in [-0.15, -0.1) is 5.10 Å². The Morgan fingerprint density at radius 1 is 1.10 bits per heavy atom. The quantitative estimate of drug-likeness (QED) is 0.272. The van der Waals surface area contributed by atoms with Gasteiger partial charge in [0.25, 0.3) is 0 Å². The van der Waals surface area contributed by atoms with Crippen molar-refractivity contribution in [2.24, 2.45) is 7.05 Å². The minimum atomic E-state index is -1.15. The van der Waals surface area contributed by atoms with E-state index in [0.29, 0.717) is 24.4 Å². The van der Waals surface area contributed by atoms with E-state index in [9.17, 15) is 20.1 Å². The first-order chi connectivity index (χ1) is 19.2. The zero-order valence-corrected chi connectivity index (χ0v) is 23.7. The fourth-order valence-corrected chi connectivity index (χ4v) is 6.36. The highest BCUT2D eigenvalue weighted by molar-refractivity contribution is 7.97. The highest BCUT2D eigenvalue weighted by Crippen LogP contribution is 2.40. The van der Waals surface area contributed by atoms with E-state index in [1.165, 1.54) is 11.9 Å². The molecular weight excluding hydrogens is 530 g/mol. The molecular formula is C29H33N5O5S. The summed E-state index contributed by atoms with van der Waals surface area (Å²) in [5.74, 6) is -0.830. The summed E-state index contributed by atoms with van der Waals surface area (Å²) in [5, 5.41) is 40.4. The molecule has 40 heavy (non-hydrogen) atoms. The van der Waals surface area contributed by atoms with Crippen LogP contribution in [-0.4, -0.2) is 66.7 Å². The van der Waals surface area contributed by atoms with Gasteiger partial charge >= 0.3 is 5.97 Å². The molecule has 11 heteroatoms. The van der Waals surface area contributed by atoms with Crippen molar-refractivity contribution in [3.05, 3.63) is 76.9 Å². The highest BCUT2D eigenvalue weighted by Gasteiger charge is 2.34. The first-order valence-corrected chi connectivity index (χ1v) is 13.8. The predicted molar refractivity (Wildman–Crippen MR) is 153 cm³/mol. The number of hydrogen-bond donors (Lipinski definition) is 3. The zero-order valence-electron chi connectivity index (χ0n) is 22.9. The maximum Gasteiger partial charge on any atom is 0.304 e. The molecule has 3 aromatic carbocycles. The molecule has 4 aromatic rings. The van der Waals surface area contributed by atoms with Crippen LogP contribution in [0.5, 0.6) is 5.75 Å². The van der Waals surface area contributed by atoms with E-state index in [1.54, 1.807) is 28.0 Å². The Kier molecular flexibility index (Phi) is 7.99. The second-order valence-corrected chi connectivity index (χ2v) is 11.0. The van der Waals surface area contributed by atoms with Crippen molar-refractivity contribution in [3.63, 3.8) is 0 Å². The lowest BCUT2D eigenvalue weighted by molar-refractivity contribution is -0.137. The van der Waals surface area contributed by atoms with Crippen LogP contribution < -0.4 is 9.64 Å². The molecule has 2 heterocycles. The van der Waals surface area contributed by atoms with E-state index < -0.39 is 24.3 Å². The molecule has 1 aliphatic heterocycles. The summed E-state index contributed by atoms with van der Waals surface area (Å²) < 4.78 is 9.01. The maximum absolute atomic E-state index is 12.0. The number of benzene rings is 3. The molecule has 10 nitrogen and oxygen atoms in total. The van der Waals surface area contributed by atoms with Gasteiger partial charge in [-0.2, -0.15) is 0 Å². The van der Waals surface area contributed by atoms with Crippen molar-refractivity contribution < 1.29 is 24.9 Å². The van der Waals surface area contributed by atoms with Crippen molar-refractivity contribution in [2.75, 3.05) is 18.6 Å². The van der Waals surface area contributed by atoms with Gasteiger partial charge in [0.2, 0.25) is 0 Å². The molecule has 0 bridgehead atoms. The number of hydrogen-bond acceptors (Lipinski definition) is 9. The largest absolute Gasteiger partial charge is 0.494 e. The van der Waals surface area contributed by atoms with E-state index in [1.807, 2.05) is 68.4 Å². The van der Waals surface area contributed by atoms with Crippen LogP contribution in [0.15, 0.2) is 59.5 Å². The summed E-state index contributed by atoms with van der Waals surface area (Å²) in [5.41, 5.74) is 5.71. The van der Waals surface area contributed by atoms with Crippen molar-refractivity contribution in [1.82, 2.24) is 19.3 Å². The molecule has 0 saturated carbocycles. The predicted octanol–water partition coefficient (Wildman–Crippen LogP) is 3.88. The molecule has 1 aliphatic rings. The van der Waals surface area contributed by atoms with Gasteiger partial charge in [-0.1, -0.05) is 35.5 Å². The van der Waals surface area contributed by atoms with Crippen LogP contribution in [-0.2, 0) is 18.4 Å². The molecule has 1 aromatic heterocycles. The van der Waals surface area contributed by atoms with E-state index in [0.717, 1.165) is 38.4 Å². The lowest BCUT2D eigenvalue weighted by Crippen LogP contribution is -2.48. The highest BCUT2D eigenvalue weighted by atomic mass is 32.2. The van der Waals surface area contributed by atoms with Crippen molar-refractivity contribution >= 4 is 34.6 Å². The summed E-state index contributed by atoms with van der Waals surface area (Å²) in [7, 11) is 3.35. The molecule has 210 valence electrons. The maximum atomic E-state index is 12.0. The van der Waals surface area contributed by atoms with Crippen molar-refractivity contribution in [3.8, 4) is 5.75 Å². The molecule has 0 radical (unpaired) electrons. The fraction of sp³-hybridized carbons (Fsp3) is 0.345. The number of aliphatic hydroxyl groups is 2. The summed E-state index contributed by atoms with van der Waals surface area (Å²) in [6.45, 7) is 4.80. The number of methoxy groups -OCH3 is 1. The van der Waals surface area contributed by atoms with Gasteiger partial charge in [0.15, 0.2) is 12.5 Å². The number of likely N-dealkylation sites (N-methyl/N-ethyl adjacent to an activating group) is 1. The topological polar surface area (TPSA) is 124 Å². The number of anilines is 1. The number of ether oxygens (including phenoxy) is 1. The van der Waals surface area contributed by atoms with E-state index in [-0.39, 0.29) is 6.42 Å². The molecule has 3 N–H and O–H groups in total. The lowest BCUT2D eigenvalue weighted by Gasteiger charge is -2.33. The van der Waals surface area contributed by atoms with Crippen LogP contribution in [0.1, 0.15) is 41.5 Å². The van der Waals surface area contributed by atoms with Crippen LogP contribution >= 0.6 is 11.9 Å². The van der Waals surface area contributed by atoms with Gasteiger partial charge in [-0.3, -0.25) is 4.79 Å². The summed E-state index contributed by atoms with van der Waals surface area (Å²) in [6, 6.07) is 17.4. The normalized spacial score (nSPS) is 18.4. The molecule has 0 aliphatic carbocycles. The number of rotatable bonds is 8. The Hall–Kier alpha value is -3.64. The number of aryl methyl sites for hydroxylation is 2. The van der Waals surface area contributed by atoms with E-state index in [4.69, 9.17) is 4.74 Å². The van der Waals surface area contributed by atoms with Gasteiger partial charge in [-0.05, 0) is 72.3 Å². The average molecular weight is 564 g/mol. The van der Waals surface area contributed by atoms with Crippen molar-refractivity contribution in [1.29, 1.82) is 0 Å². The van der Waals surface area contributed by atoms with Gasteiger partial charge in [0.1, 0.15) is 16.8 Å². The Morgan fingerprint density at radius 2 is 1.88 bits per heavy atom. The van der Waals surface area contributed by atoms with Crippen LogP contribution in [0.25, 0.3) is 11.0 Å². The van der Waals surface area contributed by atoms with E-state index in [2.05, 4.69) is 10.3 Å². The SMILES string of the molecule is CCN1c2ccccc2SN(Cc2cc(C(CC(=O)O)c3cc(OC)c4c(c3)nnn4C)ccc2C)C(O)C1O. The number of aliphatic carboxylic acids is 1. The molecule has 0 amide bonds. The lowest BCUT2D eigenvalue weighted by atomic mass is 9.86. The monoisotopic (exact) mass is 563 g/mol. The average Bonchev–Trinajstić information content (AvgIpc) is 3.28. The second kappa shape index (κ2) is 11.5. The number of nitrogens with zero attached hydrogens (tertiary/aromatic N) is 5. The minimum Gasteiger partial charge on any atom is -0.494 e. The van der Waals surface area contributed by atoms with Gasteiger partial charge in [-0.25, -0.2) is 8.99 Å². The standard InChI is InChI=1S/C29H33N5O5S/c1-5-33-23-8-6-7-9-25(23)40-34(29(38)28(33)37)16-20-12-18(11-10-17(20)2)21(15-26(35)36)19-13-22-27(24(14-19)39-4)32(3)31-30-22/h6-14,21,28-29,37-38H,5,15-16H2,1-4H3,(H,35,36). The van der Waals surface area contributed by atoms with Gasteiger partial charge in [0.05, 0.1) is 19.2 Å². The molecule has 0 fully saturated rings. The first-order valence-electron chi connectivity index (χ1n) is 13.1. The first kappa shape index (κ1) is 27.9. The number of carboxylic acid groups (broad SMARTS) is 1. The smallest absolute Gasteiger partial charge is 0.304 e. The number of aromatic nitrogens is 3. The van der Waals surface area contributed by atoms with E-state index >= 15 is 0 Å². The Balaban J connectivity index is 1.53. The summed E-state index contributed by atoms with van der Waals surface area (Å²) >= 11 is 1.40. The number of fused-ring (bicyclic) bond motifs is 2. The van der Waals surface area contributed by atoms with Crippen LogP contribution in [0, 0.1) is 6.92 Å². The Morgan fingerprint density at radius 3 is 2.60 bits per heavy atom. The zero-order chi connectivity index (χ0) is 28.6. The molecule has 0 saturated heterocycles.